The summed E-state index contributed by atoms with van der Waals surface area (Å²) in [6.45, 7) is 0. The summed E-state index contributed by atoms with van der Waals surface area (Å²) in [6.07, 6.45) is 1.99. The molecule has 0 aliphatic heterocycles. The molecule has 0 spiro atoms. The zero-order valence-corrected chi connectivity index (χ0v) is 18.7. The number of hydrogen-bond donors (Lipinski definition) is 2. The number of carboxylic acid groups (broad SMARTS) is 1. The number of nitrogens with zero attached hydrogens (tertiary/aromatic N) is 1. The van der Waals surface area contributed by atoms with Crippen molar-refractivity contribution in [2.24, 2.45) is 11.8 Å². The van der Waals surface area contributed by atoms with Crippen LogP contribution in [0.5, 0.6) is 5.75 Å². The van der Waals surface area contributed by atoms with Crippen LogP contribution in [0.1, 0.15) is 29.6 Å². The topological polar surface area (TPSA) is 102 Å². The monoisotopic (exact) mass is 456 g/mol. The standard InChI is InChI=1S/C27H24N2O5/c1-33-20-13-14-23-24(15-20)34-27(29-23)28-19-11-9-17(10-12-19)16-5-7-18(8-6-16)25(30)21-3-2-4-22(21)26(31)32/h5-15,21-22H,2-4H2,1H3,(H,28,29)(H,31,32)/t21-,22-/m0/s1. The van der Waals surface area contributed by atoms with Crippen molar-refractivity contribution in [1.82, 2.24) is 4.98 Å². The average molecular weight is 456 g/mol. The van der Waals surface area contributed by atoms with Crippen LogP contribution in [0.15, 0.2) is 71.1 Å². The molecule has 2 atom stereocenters. The summed E-state index contributed by atoms with van der Waals surface area (Å²) >= 11 is 0. The van der Waals surface area contributed by atoms with Crippen molar-refractivity contribution in [3.05, 3.63) is 72.3 Å². The Balaban J connectivity index is 1.28. The second-order valence-electron chi connectivity index (χ2n) is 8.48. The smallest absolute Gasteiger partial charge is 0.307 e. The highest BCUT2D eigenvalue weighted by atomic mass is 16.5. The van der Waals surface area contributed by atoms with E-state index in [1.807, 2.05) is 48.5 Å². The largest absolute Gasteiger partial charge is 0.497 e. The fraction of sp³-hybridized carbons (Fsp3) is 0.222. The quantitative estimate of drug-likeness (QED) is 0.332. The molecule has 0 bridgehead atoms. The Morgan fingerprint density at radius 3 is 2.32 bits per heavy atom. The van der Waals surface area contributed by atoms with Gasteiger partial charge in [-0.2, -0.15) is 4.98 Å². The minimum Gasteiger partial charge on any atom is -0.497 e. The SMILES string of the molecule is COc1ccc2nc(Nc3ccc(-c4ccc(C(=O)[C@H]5CCC[C@@H]5C(=O)O)cc4)cc3)oc2c1. The molecule has 7 nitrogen and oxygen atoms in total. The minimum absolute atomic E-state index is 0.0769. The van der Waals surface area contributed by atoms with Gasteiger partial charge < -0.3 is 19.6 Å². The van der Waals surface area contributed by atoms with Gasteiger partial charge in [0.05, 0.1) is 13.0 Å². The average Bonchev–Trinajstić information content (AvgIpc) is 3.51. The molecule has 34 heavy (non-hydrogen) atoms. The number of aromatic nitrogens is 1. The van der Waals surface area contributed by atoms with Crippen molar-refractivity contribution in [2.75, 3.05) is 12.4 Å². The summed E-state index contributed by atoms with van der Waals surface area (Å²) in [5, 5.41) is 12.5. The Morgan fingerprint density at radius 2 is 1.65 bits per heavy atom. The van der Waals surface area contributed by atoms with Crippen LogP contribution in [-0.2, 0) is 4.79 Å². The Bertz CT molecular complexity index is 1340. The van der Waals surface area contributed by atoms with E-state index in [0.717, 1.165) is 28.8 Å². The maximum atomic E-state index is 12.8. The van der Waals surface area contributed by atoms with Crippen molar-refractivity contribution in [1.29, 1.82) is 0 Å². The Kier molecular flexibility index (Phi) is 5.76. The summed E-state index contributed by atoms with van der Waals surface area (Å²) in [5.74, 6) is -1.25. The Hall–Kier alpha value is -4.13. The van der Waals surface area contributed by atoms with E-state index in [2.05, 4.69) is 10.3 Å². The highest BCUT2D eigenvalue weighted by molar-refractivity contribution is 6.00. The lowest BCUT2D eigenvalue weighted by atomic mass is 9.88. The van der Waals surface area contributed by atoms with Crippen molar-refractivity contribution in [3.63, 3.8) is 0 Å². The van der Waals surface area contributed by atoms with E-state index in [4.69, 9.17) is 9.15 Å². The molecular formula is C27H24N2O5. The zero-order valence-electron chi connectivity index (χ0n) is 18.7. The number of carbonyl (C=O) groups is 2. The molecule has 0 amide bonds. The number of ether oxygens (including phenoxy) is 1. The van der Waals surface area contributed by atoms with Crippen LogP contribution >= 0.6 is 0 Å². The van der Waals surface area contributed by atoms with E-state index in [1.165, 1.54) is 0 Å². The third kappa shape index (κ3) is 4.24. The molecule has 0 unspecified atom stereocenters. The molecule has 1 aliphatic carbocycles. The zero-order chi connectivity index (χ0) is 23.7. The van der Waals surface area contributed by atoms with E-state index in [1.54, 1.807) is 25.3 Å². The molecule has 1 saturated carbocycles. The Morgan fingerprint density at radius 1 is 0.971 bits per heavy atom. The van der Waals surface area contributed by atoms with Crippen LogP contribution in [0.25, 0.3) is 22.2 Å². The van der Waals surface area contributed by atoms with Gasteiger partial charge in [0.25, 0.3) is 6.01 Å². The summed E-state index contributed by atoms with van der Waals surface area (Å²) in [6, 6.07) is 21.0. The molecule has 5 rings (SSSR count). The third-order valence-corrected chi connectivity index (χ3v) is 6.40. The van der Waals surface area contributed by atoms with E-state index in [0.29, 0.717) is 35.8 Å². The van der Waals surface area contributed by atoms with Crippen LogP contribution in [-0.4, -0.2) is 29.0 Å². The molecule has 1 aliphatic rings. The fourth-order valence-corrected chi connectivity index (χ4v) is 4.57. The second kappa shape index (κ2) is 9.02. The van der Waals surface area contributed by atoms with Gasteiger partial charge in [-0.1, -0.05) is 42.8 Å². The molecule has 172 valence electrons. The van der Waals surface area contributed by atoms with E-state index >= 15 is 0 Å². The molecule has 3 aromatic carbocycles. The lowest BCUT2D eigenvalue weighted by Crippen LogP contribution is -2.25. The van der Waals surface area contributed by atoms with Gasteiger partial charge in [0, 0.05) is 23.2 Å². The summed E-state index contributed by atoms with van der Waals surface area (Å²) in [4.78, 5) is 28.7. The number of anilines is 2. The predicted octanol–water partition coefficient (Wildman–Crippen LogP) is 5.93. The van der Waals surface area contributed by atoms with Crippen molar-refractivity contribution in [2.45, 2.75) is 19.3 Å². The number of aliphatic carboxylic acids is 1. The van der Waals surface area contributed by atoms with E-state index in [-0.39, 0.29) is 5.78 Å². The first-order valence-electron chi connectivity index (χ1n) is 11.2. The van der Waals surface area contributed by atoms with Gasteiger partial charge in [0.15, 0.2) is 11.4 Å². The molecule has 4 aromatic rings. The summed E-state index contributed by atoms with van der Waals surface area (Å²) < 4.78 is 11.0. The van der Waals surface area contributed by atoms with E-state index < -0.39 is 17.8 Å². The first-order chi connectivity index (χ1) is 16.5. The maximum absolute atomic E-state index is 12.8. The maximum Gasteiger partial charge on any atom is 0.307 e. The fourth-order valence-electron chi connectivity index (χ4n) is 4.57. The van der Waals surface area contributed by atoms with Gasteiger partial charge in [-0.05, 0) is 48.2 Å². The van der Waals surface area contributed by atoms with Crippen LogP contribution in [0.2, 0.25) is 0 Å². The van der Waals surface area contributed by atoms with Gasteiger partial charge in [-0.15, -0.1) is 0 Å². The molecule has 1 fully saturated rings. The van der Waals surface area contributed by atoms with Crippen LogP contribution in [0.3, 0.4) is 0 Å². The number of Topliss-reactive ketones (excluding diaryl/α,β-unsaturated/α-hetero) is 1. The number of rotatable bonds is 7. The van der Waals surface area contributed by atoms with Gasteiger partial charge in [0.1, 0.15) is 11.3 Å². The second-order valence-corrected chi connectivity index (χ2v) is 8.48. The number of oxazole rings is 1. The highest BCUT2D eigenvalue weighted by Gasteiger charge is 2.37. The number of nitrogens with one attached hydrogen (secondary N) is 1. The van der Waals surface area contributed by atoms with Gasteiger partial charge in [-0.25, -0.2) is 0 Å². The van der Waals surface area contributed by atoms with Crippen molar-refractivity contribution < 1.29 is 23.8 Å². The van der Waals surface area contributed by atoms with Gasteiger partial charge in [-0.3, -0.25) is 9.59 Å². The first-order valence-corrected chi connectivity index (χ1v) is 11.2. The predicted molar refractivity (Wildman–Crippen MR) is 129 cm³/mol. The van der Waals surface area contributed by atoms with Gasteiger partial charge in [0.2, 0.25) is 0 Å². The first kappa shape index (κ1) is 21.7. The van der Waals surface area contributed by atoms with Crippen LogP contribution in [0, 0.1) is 11.8 Å². The van der Waals surface area contributed by atoms with Crippen LogP contribution in [0.4, 0.5) is 11.7 Å². The molecular weight excluding hydrogens is 432 g/mol. The third-order valence-electron chi connectivity index (χ3n) is 6.40. The number of carboxylic acids is 1. The van der Waals surface area contributed by atoms with Crippen molar-refractivity contribution >= 4 is 34.6 Å². The number of methoxy groups -OCH3 is 1. The molecule has 7 heteroatoms. The number of benzene rings is 3. The normalized spacial score (nSPS) is 17.6. The number of carbonyl (C=O) groups excluding carboxylic acids is 1. The number of ketones is 1. The van der Waals surface area contributed by atoms with E-state index in [9.17, 15) is 14.7 Å². The molecule has 2 N–H and O–H groups in total. The van der Waals surface area contributed by atoms with Gasteiger partial charge >= 0.3 is 5.97 Å². The number of hydrogen-bond acceptors (Lipinski definition) is 6. The van der Waals surface area contributed by atoms with Crippen LogP contribution < -0.4 is 10.1 Å². The number of fused-ring (bicyclic) bond motifs is 1. The lowest BCUT2D eigenvalue weighted by Gasteiger charge is -2.14. The molecule has 1 aromatic heterocycles. The summed E-state index contributed by atoms with van der Waals surface area (Å²) in [5.41, 5.74) is 4.74. The molecule has 0 saturated heterocycles. The lowest BCUT2D eigenvalue weighted by molar-refractivity contribution is -0.142. The summed E-state index contributed by atoms with van der Waals surface area (Å²) in [7, 11) is 1.61. The minimum atomic E-state index is -0.876. The highest BCUT2D eigenvalue weighted by Crippen LogP contribution is 2.35. The molecule has 1 heterocycles. The van der Waals surface area contributed by atoms with Crippen molar-refractivity contribution in [3.8, 4) is 16.9 Å². The Labute approximate surface area is 196 Å². The molecule has 0 radical (unpaired) electrons.